The predicted molar refractivity (Wildman–Crippen MR) is 57.6 cm³/mol. The quantitative estimate of drug-likeness (QED) is 0.628. The molecule has 0 aromatic heterocycles. The van der Waals surface area contributed by atoms with Gasteiger partial charge in [-0.2, -0.15) is 0 Å². The Morgan fingerprint density at radius 1 is 1.57 bits per heavy atom. The van der Waals surface area contributed by atoms with Gasteiger partial charge in [-0.1, -0.05) is 6.08 Å². The highest BCUT2D eigenvalue weighted by atomic mass is 32.2. The Morgan fingerprint density at radius 2 is 2.36 bits per heavy atom. The van der Waals surface area contributed by atoms with Gasteiger partial charge in [0.25, 0.3) is 0 Å². The molecule has 0 aromatic carbocycles. The van der Waals surface area contributed by atoms with Crippen molar-refractivity contribution in [2.45, 2.75) is 25.3 Å². The highest BCUT2D eigenvalue weighted by Gasteiger charge is 2.16. The summed E-state index contributed by atoms with van der Waals surface area (Å²) in [5.41, 5.74) is 0. The second-order valence-electron chi connectivity index (χ2n) is 3.54. The first kappa shape index (κ1) is 11.7. The maximum Gasteiger partial charge on any atom is 0.211 e. The molecule has 0 amide bonds. The van der Waals surface area contributed by atoms with Crippen molar-refractivity contribution in [2.75, 3.05) is 18.8 Å². The lowest BCUT2D eigenvalue weighted by atomic mass is 10.2. The average Bonchev–Trinajstić information content (AvgIpc) is 2.64. The molecular weight excluding hydrogens is 200 g/mol. The van der Waals surface area contributed by atoms with Crippen LogP contribution in [0.2, 0.25) is 0 Å². The van der Waals surface area contributed by atoms with E-state index in [2.05, 4.69) is 16.6 Å². The minimum atomic E-state index is -3.09. The van der Waals surface area contributed by atoms with E-state index in [9.17, 15) is 8.42 Å². The van der Waals surface area contributed by atoms with Gasteiger partial charge in [-0.25, -0.2) is 13.1 Å². The van der Waals surface area contributed by atoms with Crippen LogP contribution in [0.25, 0.3) is 0 Å². The maximum absolute atomic E-state index is 11.4. The number of hydrogen-bond donors (Lipinski definition) is 2. The van der Waals surface area contributed by atoms with Gasteiger partial charge in [0.2, 0.25) is 10.0 Å². The Labute approximate surface area is 85.8 Å². The van der Waals surface area contributed by atoms with Crippen LogP contribution < -0.4 is 10.0 Å². The molecule has 1 unspecified atom stereocenters. The van der Waals surface area contributed by atoms with Gasteiger partial charge >= 0.3 is 0 Å². The predicted octanol–water partition coefficient (Wildman–Crippen LogP) is 0.234. The number of rotatable bonds is 6. The molecule has 0 bridgehead atoms. The molecule has 82 valence electrons. The van der Waals surface area contributed by atoms with Gasteiger partial charge in [0.15, 0.2) is 0 Å². The van der Waals surface area contributed by atoms with Crippen LogP contribution in [0.1, 0.15) is 19.3 Å². The van der Waals surface area contributed by atoms with Crippen molar-refractivity contribution in [1.82, 2.24) is 10.0 Å². The Balaban J connectivity index is 2.24. The normalized spacial score (nSPS) is 22.4. The highest BCUT2D eigenvalue weighted by molar-refractivity contribution is 7.89. The lowest BCUT2D eigenvalue weighted by Crippen LogP contribution is -2.38. The maximum atomic E-state index is 11.4. The minimum Gasteiger partial charge on any atom is -0.313 e. The van der Waals surface area contributed by atoms with E-state index in [4.69, 9.17) is 0 Å². The molecule has 1 rings (SSSR count). The Kier molecular flexibility index (Phi) is 4.57. The molecule has 1 atom stereocenters. The fourth-order valence-electron chi connectivity index (χ4n) is 1.47. The zero-order valence-electron chi connectivity index (χ0n) is 8.33. The summed E-state index contributed by atoms with van der Waals surface area (Å²) >= 11 is 0. The topological polar surface area (TPSA) is 58.2 Å². The molecule has 5 heteroatoms. The molecular formula is C9H18N2O2S. The molecule has 1 aliphatic rings. The fourth-order valence-corrected chi connectivity index (χ4v) is 2.55. The van der Waals surface area contributed by atoms with Gasteiger partial charge in [0, 0.05) is 12.6 Å². The van der Waals surface area contributed by atoms with Crippen molar-refractivity contribution in [1.29, 1.82) is 0 Å². The highest BCUT2D eigenvalue weighted by Crippen LogP contribution is 2.03. The fraction of sp³-hybridized carbons (Fsp3) is 0.778. The Bertz CT molecular complexity index is 269. The molecule has 0 aliphatic carbocycles. The monoisotopic (exact) mass is 218 g/mol. The van der Waals surface area contributed by atoms with E-state index >= 15 is 0 Å². The Hall–Kier alpha value is -0.390. The molecule has 2 N–H and O–H groups in total. The van der Waals surface area contributed by atoms with Crippen LogP contribution in [0.3, 0.4) is 0 Å². The summed E-state index contributed by atoms with van der Waals surface area (Å²) in [7, 11) is -3.09. The van der Waals surface area contributed by atoms with E-state index in [0.717, 1.165) is 19.4 Å². The zero-order chi connectivity index (χ0) is 10.4. The van der Waals surface area contributed by atoms with E-state index in [-0.39, 0.29) is 5.75 Å². The molecule has 1 fully saturated rings. The van der Waals surface area contributed by atoms with Crippen molar-refractivity contribution in [3.63, 3.8) is 0 Å². The first-order chi connectivity index (χ1) is 6.64. The molecule has 0 aromatic rings. The van der Waals surface area contributed by atoms with Gasteiger partial charge in [0.05, 0.1) is 5.75 Å². The van der Waals surface area contributed by atoms with E-state index in [1.54, 1.807) is 6.08 Å². The average molecular weight is 218 g/mol. The number of hydrogen-bond acceptors (Lipinski definition) is 3. The molecule has 0 spiro atoms. The van der Waals surface area contributed by atoms with Crippen LogP contribution in [-0.2, 0) is 10.0 Å². The summed E-state index contributed by atoms with van der Waals surface area (Å²) in [5.74, 6) is 0.142. The summed E-state index contributed by atoms with van der Waals surface area (Å²) in [6.45, 7) is 5.01. The summed E-state index contributed by atoms with van der Waals surface area (Å²) in [5, 5.41) is 3.24. The molecule has 0 radical (unpaired) electrons. The van der Waals surface area contributed by atoms with Crippen molar-refractivity contribution in [2.24, 2.45) is 0 Å². The summed E-state index contributed by atoms with van der Waals surface area (Å²) < 4.78 is 25.3. The molecule has 0 saturated carbocycles. The SMILES string of the molecule is C=CCCS(=O)(=O)NCC1CCCN1. The van der Waals surface area contributed by atoms with Gasteiger partial charge in [-0.15, -0.1) is 6.58 Å². The van der Waals surface area contributed by atoms with Gasteiger partial charge < -0.3 is 5.32 Å². The van der Waals surface area contributed by atoms with E-state index in [1.165, 1.54) is 0 Å². The third-order valence-corrected chi connectivity index (χ3v) is 3.68. The van der Waals surface area contributed by atoms with Crippen LogP contribution in [-0.4, -0.2) is 33.3 Å². The first-order valence-electron chi connectivity index (χ1n) is 4.95. The van der Waals surface area contributed by atoms with Crippen molar-refractivity contribution >= 4 is 10.0 Å². The molecule has 1 saturated heterocycles. The van der Waals surface area contributed by atoms with Crippen LogP contribution in [0.4, 0.5) is 0 Å². The van der Waals surface area contributed by atoms with E-state index < -0.39 is 10.0 Å². The molecule has 14 heavy (non-hydrogen) atoms. The first-order valence-corrected chi connectivity index (χ1v) is 6.61. The summed E-state index contributed by atoms with van der Waals surface area (Å²) in [6, 6.07) is 0.313. The van der Waals surface area contributed by atoms with Gasteiger partial charge in [-0.3, -0.25) is 0 Å². The van der Waals surface area contributed by atoms with E-state index in [1.807, 2.05) is 0 Å². The summed E-state index contributed by atoms with van der Waals surface area (Å²) in [4.78, 5) is 0. The number of sulfonamides is 1. The van der Waals surface area contributed by atoms with Gasteiger partial charge in [0.1, 0.15) is 0 Å². The van der Waals surface area contributed by atoms with Crippen molar-refractivity contribution < 1.29 is 8.42 Å². The molecule has 4 nitrogen and oxygen atoms in total. The largest absolute Gasteiger partial charge is 0.313 e. The van der Waals surface area contributed by atoms with Gasteiger partial charge in [-0.05, 0) is 25.8 Å². The number of allylic oxidation sites excluding steroid dienone is 1. The zero-order valence-corrected chi connectivity index (χ0v) is 9.15. The van der Waals surface area contributed by atoms with Crippen LogP contribution in [0, 0.1) is 0 Å². The summed E-state index contributed by atoms with van der Waals surface area (Å²) in [6.07, 6.45) is 4.32. The van der Waals surface area contributed by atoms with Crippen molar-refractivity contribution in [3.8, 4) is 0 Å². The second-order valence-corrected chi connectivity index (χ2v) is 5.46. The van der Waals surface area contributed by atoms with Crippen molar-refractivity contribution in [3.05, 3.63) is 12.7 Å². The standard InChI is InChI=1S/C9H18N2O2S/c1-2-3-7-14(12,13)11-8-9-5-4-6-10-9/h2,9-11H,1,3-8H2. The smallest absolute Gasteiger partial charge is 0.211 e. The lowest BCUT2D eigenvalue weighted by Gasteiger charge is -2.11. The Morgan fingerprint density at radius 3 is 2.93 bits per heavy atom. The minimum absolute atomic E-state index is 0.142. The molecule has 1 aliphatic heterocycles. The third-order valence-electron chi connectivity index (χ3n) is 2.30. The van der Waals surface area contributed by atoms with Crippen LogP contribution in [0.15, 0.2) is 12.7 Å². The number of nitrogens with one attached hydrogen (secondary N) is 2. The van der Waals surface area contributed by atoms with Crippen LogP contribution >= 0.6 is 0 Å². The third kappa shape index (κ3) is 4.21. The second kappa shape index (κ2) is 5.48. The molecule has 1 heterocycles. The lowest BCUT2D eigenvalue weighted by molar-refractivity contribution is 0.551. The van der Waals surface area contributed by atoms with Crippen LogP contribution in [0.5, 0.6) is 0 Å². The van der Waals surface area contributed by atoms with E-state index in [0.29, 0.717) is 19.0 Å².